The lowest BCUT2D eigenvalue weighted by molar-refractivity contribution is -0.674. The molecule has 3 amide bonds. The predicted molar refractivity (Wildman–Crippen MR) is 142 cm³/mol. The van der Waals surface area contributed by atoms with Gasteiger partial charge < -0.3 is 15.5 Å². The van der Waals surface area contributed by atoms with E-state index in [1.165, 1.54) is 4.58 Å². The Morgan fingerprint density at radius 1 is 1.12 bits per heavy atom. The van der Waals surface area contributed by atoms with Crippen molar-refractivity contribution in [3.63, 3.8) is 0 Å². The average Bonchev–Trinajstić information content (AvgIpc) is 3.52. The van der Waals surface area contributed by atoms with E-state index in [-0.39, 0.29) is 49.7 Å². The highest BCUT2D eigenvalue weighted by molar-refractivity contribution is 6.02. The zero-order valence-corrected chi connectivity index (χ0v) is 21.8. The van der Waals surface area contributed by atoms with Crippen LogP contribution in [0.25, 0.3) is 11.1 Å². The lowest BCUT2D eigenvalue weighted by atomic mass is 9.85. The Labute approximate surface area is 229 Å². The highest BCUT2D eigenvalue weighted by atomic mass is 16.5. The van der Waals surface area contributed by atoms with Crippen molar-refractivity contribution in [1.82, 2.24) is 20.9 Å². The van der Waals surface area contributed by atoms with Gasteiger partial charge in [0.15, 0.2) is 6.04 Å². The molecule has 0 aromatic heterocycles. The summed E-state index contributed by atoms with van der Waals surface area (Å²) in [6.07, 6.45) is 0.241. The molecule has 4 aliphatic rings. The van der Waals surface area contributed by atoms with Gasteiger partial charge in [-0.25, -0.2) is 9.89 Å². The van der Waals surface area contributed by atoms with Crippen LogP contribution < -0.4 is 32.4 Å². The second-order valence-electron chi connectivity index (χ2n) is 10.7. The molecule has 4 atom stereocenters. The predicted octanol–water partition coefficient (Wildman–Crippen LogP) is -4.03. The molecular weight excluding hydrogens is 516 g/mol. The zero-order valence-electron chi connectivity index (χ0n) is 21.8. The first-order chi connectivity index (χ1) is 19.0. The third kappa shape index (κ3) is 3.65. The second kappa shape index (κ2) is 9.03. The van der Waals surface area contributed by atoms with Crippen LogP contribution in [0.1, 0.15) is 28.8 Å². The summed E-state index contributed by atoms with van der Waals surface area (Å²) in [4.78, 5) is 42.3. The van der Waals surface area contributed by atoms with Crippen LogP contribution >= 0.6 is 0 Å². The molecule has 0 aliphatic carbocycles. The third-order valence-corrected chi connectivity index (χ3v) is 8.45. The summed E-state index contributed by atoms with van der Waals surface area (Å²) in [5, 5.41) is 32.2. The van der Waals surface area contributed by atoms with Crippen LogP contribution in [0, 0.1) is 6.92 Å². The van der Waals surface area contributed by atoms with Crippen molar-refractivity contribution in [1.29, 1.82) is 0 Å². The monoisotopic (exact) mass is 548 g/mol. The maximum atomic E-state index is 13.5. The van der Waals surface area contributed by atoms with Crippen molar-refractivity contribution in [3.8, 4) is 11.1 Å². The van der Waals surface area contributed by atoms with Gasteiger partial charge in [0.2, 0.25) is 11.8 Å². The first kappa shape index (κ1) is 25.8. The molecule has 2 fully saturated rings. The summed E-state index contributed by atoms with van der Waals surface area (Å²) in [6, 6.07) is 12.3. The number of carbonyl (C=O) groups is 3. The lowest BCUT2D eigenvalue weighted by Crippen LogP contribution is -2.92. The minimum absolute atomic E-state index is 0.0564. The molecule has 2 saturated heterocycles. The van der Waals surface area contributed by atoms with E-state index in [1.807, 2.05) is 43.3 Å². The van der Waals surface area contributed by atoms with E-state index in [0.717, 1.165) is 21.6 Å². The summed E-state index contributed by atoms with van der Waals surface area (Å²) >= 11 is 0. The molecule has 1 spiro atoms. The van der Waals surface area contributed by atoms with Crippen molar-refractivity contribution in [2.75, 3.05) is 13.1 Å². The molecule has 0 radical (unpaired) electrons. The van der Waals surface area contributed by atoms with E-state index in [4.69, 9.17) is 11.5 Å². The largest absolute Gasteiger partial charge is 0.358 e. The van der Waals surface area contributed by atoms with E-state index in [0.29, 0.717) is 5.56 Å². The van der Waals surface area contributed by atoms with Gasteiger partial charge in [0.25, 0.3) is 17.4 Å². The number of aliphatic hydroxyl groups is 2. The van der Waals surface area contributed by atoms with Crippen LogP contribution in [0.3, 0.4) is 0 Å². The third-order valence-electron chi connectivity index (χ3n) is 8.45. The highest BCUT2D eigenvalue weighted by Crippen LogP contribution is 2.38. The summed E-state index contributed by atoms with van der Waals surface area (Å²) < 4.78 is 1.51. The molecule has 6 rings (SSSR count). The van der Waals surface area contributed by atoms with Gasteiger partial charge >= 0.3 is 11.9 Å². The van der Waals surface area contributed by atoms with Gasteiger partial charge in [0.1, 0.15) is 12.1 Å². The maximum Gasteiger partial charge on any atom is 0.347 e. The van der Waals surface area contributed by atoms with Gasteiger partial charge in [0, 0.05) is 18.4 Å². The van der Waals surface area contributed by atoms with Crippen molar-refractivity contribution < 1.29 is 34.2 Å². The summed E-state index contributed by atoms with van der Waals surface area (Å²) in [6.45, 7) is 1.72. The number of nitrogens with two attached hydrogens (primary N) is 2. The molecule has 2 unspecified atom stereocenters. The molecule has 208 valence electrons. The van der Waals surface area contributed by atoms with Crippen LogP contribution in [0.2, 0.25) is 0 Å². The van der Waals surface area contributed by atoms with Gasteiger partial charge in [-0.15, -0.1) is 0 Å². The van der Waals surface area contributed by atoms with E-state index >= 15 is 0 Å². The fourth-order valence-corrected chi connectivity index (χ4v) is 6.47. The Morgan fingerprint density at radius 2 is 1.82 bits per heavy atom. The van der Waals surface area contributed by atoms with Gasteiger partial charge in [-0.05, 0) is 29.7 Å². The Morgan fingerprint density at radius 3 is 2.52 bits per heavy atom. The Balaban J connectivity index is 1.31. The Hall–Kier alpha value is -4.49. The van der Waals surface area contributed by atoms with Crippen molar-refractivity contribution in [3.05, 3.63) is 59.7 Å². The number of guanidine groups is 2. The molecular formula is C27H32N8O5+2. The number of nitrogens with one attached hydrogen (secondary N) is 4. The number of benzene rings is 2. The van der Waals surface area contributed by atoms with Crippen molar-refractivity contribution >= 4 is 29.6 Å². The molecule has 10 N–H and O–H groups in total. The van der Waals surface area contributed by atoms with Crippen LogP contribution in [0.5, 0.6) is 0 Å². The number of rotatable bonds is 5. The molecule has 0 bridgehead atoms. The average molecular weight is 549 g/mol. The number of imide groups is 1. The minimum atomic E-state index is -2.59. The number of hydrogen-bond acceptors (Lipinski definition) is 9. The van der Waals surface area contributed by atoms with E-state index in [2.05, 4.69) is 20.9 Å². The molecule has 40 heavy (non-hydrogen) atoms. The Bertz CT molecular complexity index is 1470. The van der Waals surface area contributed by atoms with Crippen LogP contribution in [0.15, 0.2) is 48.5 Å². The molecule has 0 saturated carbocycles. The molecule has 4 heterocycles. The summed E-state index contributed by atoms with van der Waals surface area (Å²) in [5.74, 6) is -3.56. The molecule has 2 aromatic rings. The Kier molecular flexibility index (Phi) is 5.82. The van der Waals surface area contributed by atoms with Crippen LogP contribution in [0.4, 0.5) is 0 Å². The molecule has 2 aromatic carbocycles. The number of likely N-dealkylation sites (tertiary alicyclic amines) is 1. The fraction of sp³-hybridized carbons (Fsp3) is 0.370. The lowest BCUT2D eigenvalue weighted by Gasteiger charge is -2.41. The van der Waals surface area contributed by atoms with Gasteiger partial charge in [0.05, 0.1) is 13.1 Å². The molecule has 13 heteroatoms. The van der Waals surface area contributed by atoms with E-state index in [9.17, 15) is 24.6 Å². The molecule has 4 aliphatic heterocycles. The topological polar surface area (TPSA) is 200 Å². The van der Waals surface area contributed by atoms with E-state index in [1.54, 1.807) is 12.1 Å². The van der Waals surface area contributed by atoms with Crippen LogP contribution in [-0.4, -0.2) is 92.0 Å². The van der Waals surface area contributed by atoms with Gasteiger partial charge in [-0.2, -0.15) is 0 Å². The quantitative estimate of drug-likeness (QED) is 0.104. The normalized spacial score (nSPS) is 28.5. The van der Waals surface area contributed by atoms with Crippen molar-refractivity contribution in [2.45, 2.75) is 49.3 Å². The molecule has 13 nitrogen and oxygen atoms in total. The summed E-state index contributed by atoms with van der Waals surface area (Å²) in [5.41, 5.74) is 13.7. The highest BCUT2D eigenvalue weighted by Gasteiger charge is 2.78. The van der Waals surface area contributed by atoms with E-state index < -0.39 is 35.5 Å². The number of hydrogen-bond donors (Lipinski definition) is 8. The smallest absolute Gasteiger partial charge is 0.347 e. The first-order valence-electron chi connectivity index (χ1n) is 13.1. The van der Waals surface area contributed by atoms with Gasteiger partial charge in [-0.3, -0.25) is 41.1 Å². The maximum absolute atomic E-state index is 13.5. The van der Waals surface area contributed by atoms with Crippen LogP contribution in [-0.2, 0) is 9.59 Å². The van der Waals surface area contributed by atoms with Crippen molar-refractivity contribution in [2.24, 2.45) is 11.5 Å². The SMILES string of the molecule is Cc1c(C(=O)NC2C[N+]3=C(N)N[C@@H](CN4C(=O)CCC4=O)[C@@H]4[NH+]=C(N)NC43C2(O)O)cccc1-c1ccccc1. The van der Waals surface area contributed by atoms with Gasteiger partial charge in [-0.1, -0.05) is 42.5 Å². The first-order valence-corrected chi connectivity index (χ1v) is 13.1. The minimum Gasteiger partial charge on any atom is -0.358 e. The number of nitrogens with zero attached hydrogens (tertiary/aromatic N) is 2. The zero-order chi connectivity index (χ0) is 28.4. The summed E-state index contributed by atoms with van der Waals surface area (Å²) in [7, 11) is 0. The standard InChI is InChI=1S/C27H30N8O5/c1-14-16(15-6-3-2-4-7-15)8-5-9-17(14)23(38)31-19-13-35-25(29)30-18(12-34-20(36)10-11-21(34)37)22-26(35,27(19,39)40)33-24(28)32-22/h2-9,18-19,22,39-40H,10-13H2,1H3,(H6,28,29,30,31,32,33,38)/p+2/t18-,19?,22-,26?/m0/s1. The number of amides is 3. The number of carbonyl (C=O) groups excluding carboxylic acids is 3. The fourth-order valence-electron chi connectivity index (χ4n) is 6.47. The second-order valence-corrected chi connectivity index (χ2v) is 10.7.